The highest BCUT2D eigenvalue weighted by Crippen LogP contribution is 2.13. The van der Waals surface area contributed by atoms with Crippen molar-refractivity contribution in [2.24, 2.45) is 0 Å². The van der Waals surface area contributed by atoms with Gasteiger partial charge in [-0.15, -0.1) is 0 Å². The highest BCUT2D eigenvalue weighted by molar-refractivity contribution is 6.00. The standard InChI is InChI=1S/C11H15N3O2/c12-10-1-2-13-6-9(10)11(15)5-8-7-16-4-3-14-8/h1-2,6,8,14H,3-5,7H2,(H2,12,13). The van der Waals surface area contributed by atoms with Crippen LogP contribution in [-0.4, -0.2) is 36.6 Å². The molecule has 2 heterocycles. The Morgan fingerprint density at radius 3 is 3.25 bits per heavy atom. The third kappa shape index (κ3) is 2.56. The zero-order chi connectivity index (χ0) is 11.4. The fourth-order valence-corrected chi connectivity index (χ4v) is 1.72. The molecule has 0 amide bonds. The molecule has 0 aromatic carbocycles. The van der Waals surface area contributed by atoms with E-state index in [1.54, 1.807) is 12.3 Å². The average Bonchev–Trinajstić information content (AvgIpc) is 2.31. The van der Waals surface area contributed by atoms with Crippen LogP contribution in [0.3, 0.4) is 0 Å². The minimum Gasteiger partial charge on any atom is -0.398 e. The summed E-state index contributed by atoms with van der Waals surface area (Å²) in [6, 6.07) is 1.72. The first-order valence-electron chi connectivity index (χ1n) is 5.31. The summed E-state index contributed by atoms with van der Waals surface area (Å²) in [4.78, 5) is 15.8. The predicted octanol–water partition coefficient (Wildman–Crippen LogP) is 0.225. The summed E-state index contributed by atoms with van der Waals surface area (Å²) in [5, 5.41) is 3.23. The molecule has 0 radical (unpaired) electrons. The Morgan fingerprint density at radius 1 is 1.69 bits per heavy atom. The number of morpholine rings is 1. The van der Waals surface area contributed by atoms with Crippen LogP contribution in [0.1, 0.15) is 16.8 Å². The van der Waals surface area contributed by atoms with Crippen LogP contribution in [0.5, 0.6) is 0 Å². The molecule has 1 aromatic rings. The number of hydrogen-bond donors (Lipinski definition) is 2. The normalized spacial score (nSPS) is 20.6. The SMILES string of the molecule is Nc1ccncc1C(=O)CC1COCCN1. The van der Waals surface area contributed by atoms with Crippen molar-refractivity contribution >= 4 is 11.5 Å². The first kappa shape index (κ1) is 11.0. The van der Waals surface area contributed by atoms with Crippen LogP contribution in [0, 0.1) is 0 Å². The van der Waals surface area contributed by atoms with Crippen molar-refractivity contribution in [2.45, 2.75) is 12.5 Å². The number of ketones is 1. The second kappa shape index (κ2) is 5.05. The van der Waals surface area contributed by atoms with E-state index in [0.29, 0.717) is 30.9 Å². The number of ether oxygens (including phenoxy) is 1. The summed E-state index contributed by atoms with van der Waals surface area (Å²) in [7, 11) is 0. The van der Waals surface area contributed by atoms with Crippen molar-refractivity contribution in [3.63, 3.8) is 0 Å². The lowest BCUT2D eigenvalue weighted by Gasteiger charge is -2.23. The summed E-state index contributed by atoms with van der Waals surface area (Å²) in [5.41, 5.74) is 6.69. The molecule has 1 atom stereocenters. The molecule has 0 spiro atoms. The molecule has 1 aromatic heterocycles. The van der Waals surface area contributed by atoms with E-state index < -0.39 is 0 Å². The number of carbonyl (C=O) groups excluding carboxylic acids is 1. The van der Waals surface area contributed by atoms with Crippen LogP contribution in [0.2, 0.25) is 0 Å². The first-order chi connectivity index (χ1) is 7.77. The zero-order valence-corrected chi connectivity index (χ0v) is 8.98. The lowest BCUT2D eigenvalue weighted by atomic mass is 10.0. The fraction of sp³-hybridized carbons (Fsp3) is 0.455. The quantitative estimate of drug-likeness (QED) is 0.714. The van der Waals surface area contributed by atoms with Gasteiger partial charge in [0.25, 0.3) is 0 Å². The van der Waals surface area contributed by atoms with Gasteiger partial charge in [0, 0.05) is 37.1 Å². The minimum absolute atomic E-state index is 0.00796. The maximum absolute atomic E-state index is 11.9. The molecule has 1 unspecified atom stereocenters. The summed E-state index contributed by atoms with van der Waals surface area (Å²) >= 11 is 0. The molecule has 5 nitrogen and oxygen atoms in total. The summed E-state index contributed by atoms with van der Waals surface area (Å²) in [5.74, 6) is 0.00796. The zero-order valence-electron chi connectivity index (χ0n) is 8.98. The summed E-state index contributed by atoms with van der Waals surface area (Å²) in [6.07, 6.45) is 3.49. The Kier molecular flexibility index (Phi) is 3.48. The highest BCUT2D eigenvalue weighted by Gasteiger charge is 2.19. The van der Waals surface area contributed by atoms with Crippen molar-refractivity contribution in [1.29, 1.82) is 0 Å². The van der Waals surface area contributed by atoms with E-state index in [4.69, 9.17) is 10.5 Å². The van der Waals surface area contributed by atoms with Crippen molar-refractivity contribution in [3.8, 4) is 0 Å². The number of Topliss-reactive ketones (excluding diaryl/α,β-unsaturated/α-hetero) is 1. The smallest absolute Gasteiger partial charge is 0.168 e. The number of hydrogen-bond acceptors (Lipinski definition) is 5. The molecular weight excluding hydrogens is 206 g/mol. The number of anilines is 1. The molecule has 0 saturated carbocycles. The van der Waals surface area contributed by atoms with E-state index >= 15 is 0 Å². The van der Waals surface area contributed by atoms with Gasteiger partial charge in [-0.3, -0.25) is 9.78 Å². The molecule has 86 valence electrons. The molecule has 1 aliphatic heterocycles. The molecule has 1 saturated heterocycles. The van der Waals surface area contributed by atoms with Gasteiger partial charge < -0.3 is 15.8 Å². The summed E-state index contributed by atoms with van der Waals surface area (Å²) in [6.45, 7) is 2.08. The maximum Gasteiger partial charge on any atom is 0.168 e. The molecule has 1 aliphatic rings. The van der Waals surface area contributed by atoms with Crippen LogP contribution in [0.25, 0.3) is 0 Å². The molecular formula is C11H15N3O2. The average molecular weight is 221 g/mol. The van der Waals surface area contributed by atoms with E-state index in [2.05, 4.69) is 10.3 Å². The summed E-state index contributed by atoms with van der Waals surface area (Å²) < 4.78 is 5.29. The second-order valence-corrected chi connectivity index (χ2v) is 3.82. The van der Waals surface area contributed by atoms with Gasteiger partial charge in [-0.25, -0.2) is 0 Å². The van der Waals surface area contributed by atoms with Gasteiger partial charge in [0.05, 0.1) is 18.8 Å². The monoisotopic (exact) mass is 221 g/mol. The molecule has 0 bridgehead atoms. The number of nitrogens with zero attached hydrogens (tertiary/aromatic N) is 1. The number of rotatable bonds is 3. The van der Waals surface area contributed by atoms with E-state index in [-0.39, 0.29) is 11.8 Å². The Labute approximate surface area is 94.0 Å². The van der Waals surface area contributed by atoms with E-state index in [0.717, 1.165) is 6.54 Å². The third-order valence-corrected chi connectivity index (χ3v) is 2.59. The van der Waals surface area contributed by atoms with Gasteiger partial charge in [-0.2, -0.15) is 0 Å². The molecule has 0 aliphatic carbocycles. The van der Waals surface area contributed by atoms with E-state index in [9.17, 15) is 4.79 Å². The van der Waals surface area contributed by atoms with Gasteiger partial charge in [0.15, 0.2) is 5.78 Å². The highest BCUT2D eigenvalue weighted by atomic mass is 16.5. The lowest BCUT2D eigenvalue weighted by molar-refractivity contribution is 0.0676. The topological polar surface area (TPSA) is 77.2 Å². The van der Waals surface area contributed by atoms with Gasteiger partial charge in [-0.05, 0) is 6.07 Å². The Balaban J connectivity index is 2.00. The van der Waals surface area contributed by atoms with Crippen LogP contribution in [0.15, 0.2) is 18.5 Å². The first-order valence-corrected chi connectivity index (χ1v) is 5.31. The number of nitrogen functional groups attached to an aromatic ring is 1. The number of aromatic nitrogens is 1. The van der Waals surface area contributed by atoms with E-state index in [1.165, 1.54) is 6.20 Å². The van der Waals surface area contributed by atoms with Crippen LogP contribution >= 0.6 is 0 Å². The van der Waals surface area contributed by atoms with Gasteiger partial charge in [0.2, 0.25) is 0 Å². The molecule has 16 heavy (non-hydrogen) atoms. The van der Waals surface area contributed by atoms with Crippen molar-refractivity contribution < 1.29 is 9.53 Å². The largest absolute Gasteiger partial charge is 0.398 e. The Morgan fingerprint density at radius 2 is 2.56 bits per heavy atom. The fourth-order valence-electron chi connectivity index (χ4n) is 1.72. The van der Waals surface area contributed by atoms with E-state index in [1.807, 2.05) is 0 Å². The minimum atomic E-state index is 0.00796. The lowest BCUT2D eigenvalue weighted by Crippen LogP contribution is -2.42. The van der Waals surface area contributed by atoms with Gasteiger partial charge >= 0.3 is 0 Å². The number of carbonyl (C=O) groups is 1. The van der Waals surface area contributed by atoms with Crippen LogP contribution in [-0.2, 0) is 4.74 Å². The van der Waals surface area contributed by atoms with Gasteiger partial charge in [0.1, 0.15) is 0 Å². The maximum atomic E-state index is 11.9. The number of nitrogens with one attached hydrogen (secondary N) is 1. The van der Waals surface area contributed by atoms with Crippen molar-refractivity contribution in [2.75, 3.05) is 25.5 Å². The van der Waals surface area contributed by atoms with Crippen LogP contribution in [0.4, 0.5) is 5.69 Å². The molecule has 1 fully saturated rings. The molecule has 2 rings (SSSR count). The Bertz CT molecular complexity index is 375. The number of pyridine rings is 1. The molecule has 3 N–H and O–H groups in total. The van der Waals surface area contributed by atoms with Crippen molar-refractivity contribution in [3.05, 3.63) is 24.0 Å². The Hall–Kier alpha value is -1.46. The molecule has 5 heteroatoms. The van der Waals surface area contributed by atoms with Gasteiger partial charge in [-0.1, -0.05) is 0 Å². The second-order valence-electron chi connectivity index (χ2n) is 3.82. The predicted molar refractivity (Wildman–Crippen MR) is 60.2 cm³/mol. The van der Waals surface area contributed by atoms with Crippen LogP contribution < -0.4 is 11.1 Å². The third-order valence-electron chi connectivity index (χ3n) is 2.59. The van der Waals surface area contributed by atoms with Crippen molar-refractivity contribution in [1.82, 2.24) is 10.3 Å². The number of nitrogens with two attached hydrogens (primary N) is 1.